The molecule has 4 heteroatoms. The number of rotatable bonds is 6. The minimum Gasteiger partial charge on any atom is -0.208 e. The third kappa shape index (κ3) is 5.89. The third-order valence-corrected chi connectivity index (χ3v) is 10.3. The van der Waals surface area contributed by atoms with Gasteiger partial charge in [-0.2, -0.15) is 5.26 Å². The fraction of sp³-hybridized carbons (Fsp3) is 0.0612. The Labute approximate surface area is 309 Å². The maximum Gasteiger partial charge on any atom is 0.164 e. The second-order valence-electron chi connectivity index (χ2n) is 14.0. The molecule has 0 fully saturated rings. The highest BCUT2D eigenvalue weighted by molar-refractivity contribution is 5.85. The molecule has 0 N–H and O–H groups in total. The highest BCUT2D eigenvalue weighted by Crippen LogP contribution is 2.50. The average molecular weight is 679 g/mol. The molecule has 53 heavy (non-hydrogen) atoms. The molecule has 0 amide bonds. The maximum absolute atomic E-state index is 9.58. The van der Waals surface area contributed by atoms with Crippen LogP contribution in [0.5, 0.6) is 0 Å². The van der Waals surface area contributed by atoms with Gasteiger partial charge in [0.1, 0.15) is 0 Å². The summed E-state index contributed by atoms with van der Waals surface area (Å²) >= 11 is 0. The van der Waals surface area contributed by atoms with Crippen LogP contribution in [0, 0.1) is 11.3 Å². The number of hydrogen-bond donors (Lipinski definition) is 0. The fourth-order valence-electron chi connectivity index (χ4n) is 7.54. The van der Waals surface area contributed by atoms with Crippen LogP contribution in [0.1, 0.15) is 30.5 Å². The van der Waals surface area contributed by atoms with E-state index in [9.17, 15) is 5.26 Å². The highest BCUT2D eigenvalue weighted by atomic mass is 15.0. The molecule has 0 saturated carbocycles. The number of nitriles is 1. The number of fused-ring (bicyclic) bond motifs is 3. The Hall–Kier alpha value is -6.96. The minimum absolute atomic E-state index is 0.188. The summed E-state index contributed by atoms with van der Waals surface area (Å²) in [5, 5.41) is 9.58. The van der Waals surface area contributed by atoms with Crippen LogP contribution >= 0.6 is 0 Å². The smallest absolute Gasteiger partial charge is 0.164 e. The Morgan fingerprint density at radius 1 is 0.377 bits per heavy atom. The number of nitrogens with zero attached hydrogens (tertiary/aromatic N) is 4. The lowest BCUT2D eigenvalue weighted by atomic mass is 9.81. The zero-order valence-corrected chi connectivity index (χ0v) is 29.5. The van der Waals surface area contributed by atoms with Crippen LogP contribution in [0.15, 0.2) is 170 Å². The lowest BCUT2D eigenvalue weighted by Crippen LogP contribution is -2.15. The van der Waals surface area contributed by atoms with Crippen molar-refractivity contribution in [3.63, 3.8) is 0 Å². The molecule has 1 aliphatic carbocycles. The molecular weight excluding hydrogens is 645 g/mol. The quantitative estimate of drug-likeness (QED) is 0.176. The Morgan fingerprint density at radius 2 is 0.868 bits per heavy atom. The fourth-order valence-corrected chi connectivity index (χ4v) is 7.54. The topological polar surface area (TPSA) is 62.5 Å². The molecule has 0 saturated heterocycles. The van der Waals surface area contributed by atoms with Gasteiger partial charge in [-0.3, -0.25) is 0 Å². The first-order valence-electron chi connectivity index (χ1n) is 17.8. The largest absolute Gasteiger partial charge is 0.208 e. The van der Waals surface area contributed by atoms with Gasteiger partial charge in [-0.15, -0.1) is 0 Å². The summed E-state index contributed by atoms with van der Waals surface area (Å²) in [6.45, 7) is 4.52. The van der Waals surface area contributed by atoms with Crippen molar-refractivity contribution in [3.8, 4) is 84.7 Å². The molecule has 9 rings (SSSR count). The lowest BCUT2D eigenvalue weighted by Gasteiger charge is -2.22. The normalized spacial score (nSPS) is 12.5. The predicted molar refractivity (Wildman–Crippen MR) is 215 cm³/mol. The first-order valence-corrected chi connectivity index (χ1v) is 17.8. The molecule has 0 radical (unpaired) electrons. The third-order valence-electron chi connectivity index (χ3n) is 10.3. The van der Waals surface area contributed by atoms with E-state index in [2.05, 4.69) is 135 Å². The zero-order chi connectivity index (χ0) is 35.9. The molecule has 0 bridgehead atoms. The molecule has 1 aliphatic rings. The molecule has 0 unspecified atom stereocenters. The van der Waals surface area contributed by atoms with Crippen molar-refractivity contribution < 1.29 is 0 Å². The lowest BCUT2D eigenvalue weighted by molar-refractivity contribution is 0.660. The Morgan fingerprint density at radius 3 is 1.49 bits per heavy atom. The van der Waals surface area contributed by atoms with Gasteiger partial charge in [0.25, 0.3) is 0 Å². The number of hydrogen-bond acceptors (Lipinski definition) is 4. The van der Waals surface area contributed by atoms with E-state index in [0.717, 1.165) is 55.6 Å². The first-order chi connectivity index (χ1) is 25.9. The van der Waals surface area contributed by atoms with E-state index >= 15 is 0 Å². The van der Waals surface area contributed by atoms with Crippen molar-refractivity contribution in [1.29, 1.82) is 5.26 Å². The molecule has 4 nitrogen and oxygen atoms in total. The van der Waals surface area contributed by atoms with Crippen molar-refractivity contribution in [2.24, 2.45) is 0 Å². The molecule has 7 aromatic carbocycles. The van der Waals surface area contributed by atoms with Crippen molar-refractivity contribution in [2.75, 3.05) is 0 Å². The van der Waals surface area contributed by atoms with E-state index in [0.29, 0.717) is 23.0 Å². The summed E-state index contributed by atoms with van der Waals surface area (Å²) in [5.74, 6) is 1.85. The number of benzene rings is 7. The van der Waals surface area contributed by atoms with Crippen LogP contribution in [0.25, 0.3) is 78.7 Å². The molecule has 8 aromatic rings. The monoisotopic (exact) mass is 678 g/mol. The summed E-state index contributed by atoms with van der Waals surface area (Å²) in [6.07, 6.45) is 0. The average Bonchev–Trinajstić information content (AvgIpc) is 3.46. The second-order valence-corrected chi connectivity index (χ2v) is 14.0. The molecule has 250 valence electrons. The van der Waals surface area contributed by atoms with Crippen LogP contribution in [0.4, 0.5) is 0 Å². The second kappa shape index (κ2) is 13.0. The summed E-state index contributed by atoms with van der Waals surface area (Å²) < 4.78 is 0. The first kappa shape index (κ1) is 32.0. The van der Waals surface area contributed by atoms with E-state index in [-0.39, 0.29) is 5.41 Å². The van der Waals surface area contributed by atoms with Gasteiger partial charge >= 0.3 is 0 Å². The Balaban J connectivity index is 1.18. The summed E-state index contributed by atoms with van der Waals surface area (Å²) in [6, 6.07) is 61.1. The van der Waals surface area contributed by atoms with Gasteiger partial charge in [-0.25, -0.2) is 15.0 Å². The minimum atomic E-state index is -0.188. The molecular formula is C49H34N4. The SMILES string of the molecule is CC1(C)c2ccc(C#N)cc2-c2ccc(-c3cccc(-c4nc(-c5ccccc5)nc(-c5cc(-c6ccccc6)cc(-c6ccccc6)c5)n4)c3)cc21. The van der Waals surface area contributed by atoms with Gasteiger partial charge in [-0.05, 0) is 98.1 Å². The Kier molecular flexibility index (Phi) is 7.83. The van der Waals surface area contributed by atoms with Crippen molar-refractivity contribution in [2.45, 2.75) is 19.3 Å². The van der Waals surface area contributed by atoms with Crippen molar-refractivity contribution in [3.05, 3.63) is 187 Å². The summed E-state index contributed by atoms with van der Waals surface area (Å²) in [5.41, 5.74) is 14.7. The van der Waals surface area contributed by atoms with E-state index in [1.54, 1.807) is 0 Å². The van der Waals surface area contributed by atoms with Crippen LogP contribution in [-0.2, 0) is 5.41 Å². The standard InChI is InChI=1S/C49H34N4/c1-49(2)44-24-21-32(31-50)25-43(44)42-23-22-37(30-45(42)49)36-19-12-20-38(26-36)47-51-46(35-17-10-5-11-18-35)52-48(53-47)41-28-39(33-13-6-3-7-14-33)27-40(29-41)34-15-8-4-9-16-34/h3-30H,1-2H3. The van der Waals surface area contributed by atoms with Crippen molar-refractivity contribution in [1.82, 2.24) is 15.0 Å². The molecule has 0 atom stereocenters. The van der Waals surface area contributed by atoms with Gasteiger partial charge in [0.15, 0.2) is 17.5 Å². The maximum atomic E-state index is 9.58. The van der Waals surface area contributed by atoms with E-state index in [4.69, 9.17) is 15.0 Å². The van der Waals surface area contributed by atoms with Crippen LogP contribution in [0.2, 0.25) is 0 Å². The molecule has 1 aromatic heterocycles. The van der Waals surface area contributed by atoms with Gasteiger partial charge in [-0.1, -0.05) is 141 Å². The van der Waals surface area contributed by atoms with Crippen LogP contribution in [0.3, 0.4) is 0 Å². The summed E-state index contributed by atoms with van der Waals surface area (Å²) in [4.78, 5) is 15.3. The zero-order valence-electron chi connectivity index (χ0n) is 29.5. The van der Waals surface area contributed by atoms with E-state index < -0.39 is 0 Å². The molecule has 1 heterocycles. The van der Waals surface area contributed by atoms with Crippen molar-refractivity contribution >= 4 is 0 Å². The number of aromatic nitrogens is 3. The Bertz CT molecular complexity index is 2630. The summed E-state index contributed by atoms with van der Waals surface area (Å²) in [7, 11) is 0. The van der Waals surface area contributed by atoms with Gasteiger partial charge in [0, 0.05) is 22.1 Å². The van der Waals surface area contributed by atoms with Crippen LogP contribution in [-0.4, -0.2) is 15.0 Å². The van der Waals surface area contributed by atoms with Gasteiger partial charge in [0.05, 0.1) is 11.6 Å². The highest BCUT2D eigenvalue weighted by Gasteiger charge is 2.35. The van der Waals surface area contributed by atoms with E-state index in [1.807, 2.05) is 54.6 Å². The van der Waals surface area contributed by atoms with Gasteiger partial charge < -0.3 is 0 Å². The predicted octanol–water partition coefficient (Wildman–Crippen LogP) is 12.1. The molecule has 0 spiro atoms. The van der Waals surface area contributed by atoms with Gasteiger partial charge in [0.2, 0.25) is 0 Å². The van der Waals surface area contributed by atoms with E-state index in [1.165, 1.54) is 16.7 Å². The van der Waals surface area contributed by atoms with Crippen LogP contribution < -0.4 is 0 Å². The molecule has 0 aliphatic heterocycles.